The van der Waals surface area contributed by atoms with E-state index < -0.39 is 28.5 Å². The fraction of sp³-hybridized carbons (Fsp3) is 0.310. The number of carbonyl (C=O) groups excluding carboxylic acids is 2. The molecule has 0 fully saturated rings. The lowest BCUT2D eigenvalue weighted by molar-refractivity contribution is -0.140. The van der Waals surface area contributed by atoms with Crippen molar-refractivity contribution in [2.75, 3.05) is 27.0 Å². The highest BCUT2D eigenvalue weighted by Crippen LogP contribution is 2.17. The third kappa shape index (κ3) is 8.83. The number of nitrogens with one attached hydrogen (secondary N) is 1. The van der Waals surface area contributed by atoms with Gasteiger partial charge in [-0.1, -0.05) is 54.6 Å². The van der Waals surface area contributed by atoms with E-state index in [1.165, 1.54) is 4.90 Å². The monoisotopic (exact) mass is 553 g/mol. The number of rotatable bonds is 13. The number of nitrogens with zero attached hydrogens (tertiary/aromatic N) is 2. The molecular formula is C29H35N3O6S. The van der Waals surface area contributed by atoms with E-state index >= 15 is 0 Å². The number of benzene rings is 3. The maximum absolute atomic E-state index is 13.6. The summed E-state index contributed by atoms with van der Waals surface area (Å²) in [5.74, 6) is 0.523. The molecule has 1 atom stereocenters. The van der Waals surface area contributed by atoms with E-state index in [1.54, 1.807) is 69.7 Å². The zero-order valence-electron chi connectivity index (χ0n) is 22.7. The lowest BCUT2D eigenvalue weighted by Gasteiger charge is -2.31. The van der Waals surface area contributed by atoms with Gasteiger partial charge in [-0.2, -0.15) is 4.31 Å². The molecular weight excluding hydrogens is 518 g/mol. The molecule has 1 N–H and O–H groups in total. The minimum atomic E-state index is -3.71. The fourth-order valence-electron chi connectivity index (χ4n) is 3.91. The Morgan fingerprint density at radius 2 is 1.31 bits per heavy atom. The Kier molecular flexibility index (Phi) is 10.5. The maximum atomic E-state index is 13.6. The molecule has 2 amide bonds. The lowest BCUT2D eigenvalue weighted by Crippen LogP contribution is -2.50. The number of methoxy groups -OCH3 is 2. The van der Waals surface area contributed by atoms with Gasteiger partial charge in [0.1, 0.15) is 17.5 Å². The molecule has 0 unspecified atom stereocenters. The first-order valence-electron chi connectivity index (χ1n) is 12.4. The first-order chi connectivity index (χ1) is 18.6. The van der Waals surface area contributed by atoms with Crippen LogP contribution in [0.4, 0.5) is 0 Å². The van der Waals surface area contributed by atoms with Crippen molar-refractivity contribution in [2.45, 2.75) is 32.6 Å². The van der Waals surface area contributed by atoms with Crippen molar-refractivity contribution >= 4 is 21.8 Å². The van der Waals surface area contributed by atoms with Crippen LogP contribution in [0.1, 0.15) is 23.6 Å². The highest BCUT2D eigenvalue weighted by atomic mass is 32.2. The van der Waals surface area contributed by atoms with Gasteiger partial charge in [0.05, 0.1) is 27.0 Å². The number of carbonyl (C=O) groups is 2. The molecule has 39 heavy (non-hydrogen) atoms. The summed E-state index contributed by atoms with van der Waals surface area (Å²) in [4.78, 5) is 28.2. The van der Waals surface area contributed by atoms with Gasteiger partial charge in [-0.05, 0) is 47.9 Å². The van der Waals surface area contributed by atoms with Crippen molar-refractivity contribution in [3.63, 3.8) is 0 Å². The predicted octanol–water partition coefficient (Wildman–Crippen LogP) is 3.20. The van der Waals surface area contributed by atoms with Crippen LogP contribution in [0.2, 0.25) is 0 Å². The smallest absolute Gasteiger partial charge is 0.242 e. The van der Waals surface area contributed by atoms with Gasteiger partial charge in [-0.15, -0.1) is 0 Å². The second-order valence-corrected chi connectivity index (χ2v) is 11.1. The van der Waals surface area contributed by atoms with Crippen molar-refractivity contribution in [2.24, 2.45) is 0 Å². The summed E-state index contributed by atoms with van der Waals surface area (Å²) >= 11 is 0. The second kappa shape index (κ2) is 13.8. The average molecular weight is 554 g/mol. The number of hydrogen-bond donors (Lipinski definition) is 1. The van der Waals surface area contributed by atoms with Crippen LogP contribution >= 0.6 is 0 Å². The highest BCUT2D eigenvalue weighted by Gasteiger charge is 2.30. The van der Waals surface area contributed by atoms with Crippen molar-refractivity contribution in [1.82, 2.24) is 14.5 Å². The van der Waals surface area contributed by atoms with Gasteiger partial charge >= 0.3 is 0 Å². The Morgan fingerprint density at radius 1 is 0.795 bits per heavy atom. The first kappa shape index (κ1) is 29.7. The molecule has 0 aromatic heterocycles. The van der Waals surface area contributed by atoms with Gasteiger partial charge in [0.15, 0.2) is 0 Å². The molecule has 0 radical (unpaired) electrons. The van der Waals surface area contributed by atoms with Crippen LogP contribution in [0, 0.1) is 0 Å². The van der Waals surface area contributed by atoms with E-state index in [1.807, 2.05) is 30.3 Å². The number of ether oxygens (including phenoxy) is 2. The molecule has 0 aliphatic heterocycles. The van der Waals surface area contributed by atoms with Gasteiger partial charge in [-0.3, -0.25) is 9.59 Å². The molecule has 0 heterocycles. The fourth-order valence-corrected chi connectivity index (χ4v) is 4.64. The highest BCUT2D eigenvalue weighted by molar-refractivity contribution is 7.88. The van der Waals surface area contributed by atoms with Crippen molar-refractivity contribution in [3.8, 4) is 11.5 Å². The van der Waals surface area contributed by atoms with Gasteiger partial charge in [0.25, 0.3) is 0 Å². The van der Waals surface area contributed by atoms with Crippen LogP contribution in [0.15, 0.2) is 78.9 Å². The maximum Gasteiger partial charge on any atom is 0.242 e. The first-order valence-corrected chi connectivity index (χ1v) is 14.3. The Labute approximate surface area is 230 Å². The van der Waals surface area contributed by atoms with Gasteiger partial charge in [0.2, 0.25) is 21.8 Å². The Balaban J connectivity index is 1.80. The molecule has 3 aromatic carbocycles. The van der Waals surface area contributed by atoms with Crippen LogP contribution in [0.5, 0.6) is 11.5 Å². The molecule has 0 bridgehead atoms. The topological polar surface area (TPSA) is 105 Å². The van der Waals surface area contributed by atoms with Crippen LogP contribution in [-0.4, -0.2) is 62.5 Å². The molecule has 0 saturated heterocycles. The Bertz CT molecular complexity index is 1330. The summed E-state index contributed by atoms with van der Waals surface area (Å²) in [5.41, 5.74) is 2.39. The minimum absolute atomic E-state index is 0.0415. The third-order valence-corrected chi connectivity index (χ3v) is 7.48. The molecule has 0 aliphatic carbocycles. The molecule has 208 valence electrons. The van der Waals surface area contributed by atoms with E-state index in [0.29, 0.717) is 11.5 Å². The summed E-state index contributed by atoms with van der Waals surface area (Å²) in [5, 5.41) is 2.87. The zero-order valence-corrected chi connectivity index (χ0v) is 23.5. The standard InChI is InChI=1S/C29H35N3O6S/c1-22(29(34)30-18-23-10-14-26(37-2)15-11-23)32(20-25-12-16-27(38-3)17-13-25)28(33)21-31(39(4,35)36)19-24-8-6-5-7-9-24/h5-17,22H,18-21H2,1-4H3,(H,30,34)/t22-/m0/s1. The van der Waals surface area contributed by atoms with Crippen LogP contribution in [-0.2, 0) is 39.2 Å². The molecule has 10 heteroatoms. The third-order valence-electron chi connectivity index (χ3n) is 6.29. The summed E-state index contributed by atoms with van der Waals surface area (Å²) in [6.45, 7) is 1.65. The Morgan fingerprint density at radius 3 is 1.82 bits per heavy atom. The molecule has 0 saturated carbocycles. The number of sulfonamides is 1. The molecule has 0 aliphatic rings. The lowest BCUT2D eigenvalue weighted by atomic mass is 10.1. The van der Waals surface area contributed by atoms with Gasteiger partial charge in [0, 0.05) is 19.6 Å². The van der Waals surface area contributed by atoms with E-state index in [0.717, 1.165) is 27.3 Å². The van der Waals surface area contributed by atoms with Gasteiger partial charge < -0.3 is 19.7 Å². The van der Waals surface area contributed by atoms with Crippen LogP contribution in [0.3, 0.4) is 0 Å². The van der Waals surface area contributed by atoms with Crippen molar-refractivity contribution < 1.29 is 27.5 Å². The average Bonchev–Trinajstić information content (AvgIpc) is 2.94. The molecule has 3 rings (SSSR count). The van der Waals surface area contributed by atoms with Crippen LogP contribution in [0.25, 0.3) is 0 Å². The molecule has 0 spiro atoms. The van der Waals surface area contributed by atoms with Crippen molar-refractivity contribution in [1.29, 1.82) is 0 Å². The summed E-state index contributed by atoms with van der Waals surface area (Å²) in [6, 6.07) is 22.6. The molecule has 9 nitrogen and oxygen atoms in total. The predicted molar refractivity (Wildman–Crippen MR) is 150 cm³/mol. The quantitative estimate of drug-likeness (QED) is 0.349. The van der Waals surface area contributed by atoms with Gasteiger partial charge in [-0.25, -0.2) is 8.42 Å². The largest absolute Gasteiger partial charge is 0.497 e. The molecule has 3 aromatic rings. The van der Waals surface area contributed by atoms with E-state index in [-0.39, 0.29) is 25.5 Å². The number of hydrogen-bond acceptors (Lipinski definition) is 6. The minimum Gasteiger partial charge on any atom is -0.497 e. The SMILES string of the molecule is COc1ccc(CNC(=O)[C@H](C)N(Cc2ccc(OC)cc2)C(=O)CN(Cc2ccccc2)S(C)(=O)=O)cc1. The second-order valence-electron chi connectivity index (χ2n) is 9.13. The number of amides is 2. The zero-order chi connectivity index (χ0) is 28.4. The normalized spacial score (nSPS) is 12.0. The summed E-state index contributed by atoms with van der Waals surface area (Å²) in [6.07, 6.45) is 1.07. The van der Waals surface area contributed by atoms with Crippen LogP contribution < -0.4 is 14.8 Å². The van der Waals surface area contributed by atoms with Crippen molar-refractivity contribution in [3.05, 3.63) is 95.6 Å². The van der Waals surface area contributed by atoms with E-state index in [2.05, 4.69) is 5.32 Å². The summed E-state index contributed by atoms with van der Waals surface area (Å²) in [7, 11) is -0.570. The summed E-state index contributed by atoms with van der Waals surface area (Å²) < 4.78 is 36.7. The van der Waals surface area contributed by atoms with E-state index in [4.69, 9.17) is 9.47 Å². The van der Waals surface area contributed by atoms with E-state index in [9.17, 15) is 18.0 Å². The Hall–Kier alpha value is -3.89.